The second-order valence-corrected chi connectivity index (χ2v) is 5.25. The van der Waals surface area contributed by atoms with Crippen LogP contribution in [-0.2, 0) is 11.3 Å². The zero-order valence-electron chi connectivity index (χ0n) is 11.8. The van der Waals surface area contributed by atoms with Crippen LogP contribution in [-0.4, -0.2) is 39.5 Å². The topological polar surface area (TPSA) is 78.1 Å². The predicted octanol–water partition coefficient (Wildman–Crippen LogP) is 1.08. The highest BCUT2D eigenvalue weighted by Gasteiger charge is 2.30. The third-order valence-electron chi connectivity index (χ3n) is 3.58. The highest BCUT2D eigenvalue weighted by molar-refractivity contribution is 5.93. The van der Waals surface area contributed by atoms with Gasteiger partial charge < -0.3 is 10.2 Å². The number of aromatic nitrogens is 2. The van der Waals surface area contributed by atoms with E-state index in [1.807, 2.05) is 0 Å². The van der Waals surface area contributed by atoms with E-state index in [1.165, 1.54) is 18.3 Å². The first kappa shape index (κ1) is 14.2. The molecule has 0 spiro atoms. The van der Waals surface area contributed by atoms with E-state index in [0.717, 1.165) is 5.56 Å². The Balaban J connectivity index is 1.58. The molecule has 1 saturated heterocycles. The number of carbonyl (C=O) groups is 2. The fraction of sp³-hybridized carbons (Fsp3) is 0.267. The Hall–Kier alpha value is -2.70. The van der Waals surface area contributed by atoms with Gasteiger partial charge in [0.25, 0.3) is 5.91 Å². The van der Waals surface area contributed by atoms with E-state index >= 15 is 0 Å². The summed E-state index contributed by atoms with van der Waals surface area (Å²) in [7, 11) is 0. The lowest BCUT2D eigenvalue weighted by Gasteiger charge is -2.17. The van der Waals surface area contributed by atoms with Crippen molar-refractivity contribution in [2.75, 3.05) is 6.54 Å². The quantitative estimate of drug-likeness (QED) is 0.887. The molecule has 114 valence electrons. The van der Waals surface area contributed by atoms with Gasteiger partial charge in [-0.2, -0.15) is 5.10 Å². The number of halogens is 1. The molecule has 0 aliphatic carbocycles. The maximum absolute atomic E-state index is 12.9. The van der Waals surface area contributed by atoms with Crippen molar-refractivity contribution in [2.45, 2.75) is 19.0 Å². The average Bonchev–Trinajstić information content (AvgIpc) is 3.12. The lowest BCUT2D eigenvalue weighted by molar-refractivity contribution is -0.128. The highest BCUT2D eigenvalue weighted by atomic mass is 19.1. The summed E-state index contributed by atoms with van der Waals surface area (Å²) < 4.78 is 12.9. The van der Waals surface area contributed by atoms with Crippen molar-refractivity contribution < 1.29 is 14.0 Å². The zero-order chi connectivity index (χ0) is 15.5. The second kappa shape index (κ2) is 5.97. The van der Waals surface area contributed by atoms with Gasteiger partial charge in [-0.05, 0) is 23.8 Å². The van der Waals surface area contributed by atoms with Crippen LogP contribution in [0.4, 0.5) is 4.39 Å². The number of amides is 2. The van der Waals surface area contributed by atoms with Gasteiger partial charge in [0.05, 0.1) is 6.04 Å². The van der Waals surface area contributed by atoms with Crippen molar-refractivity contribution >= 4 is 11.8 Å². The lowest BCUT2D eigenvalue weighted by Crippen LogP contribution is -2.37. The van der Waals surface area contributed by atoms with E-state index in [4.69, 9.17) is 0 Å². The minimum atomic E-state index is -0.304. The summed E-state index contributed by atoms with van der Waals surface area (Å²) in [5, 5.41) is 9.10. The van der Waals surface area contributed by atoms with Gasteiger partial charge in [0.15, 0.2) is 0 Å². The fourth-order valence-corrected chi connectivity index (χ4v) is 2.48. The Morgan fingerprint density at radius 2 is 2.14 bits per heavy atom. The minimum Gasteiger partial charge on any atom is -0.346 e. The molecule has 1 fully saturated rings. The summed E-state index contributed by atoms with van der Waals surface area (Å²) in [6, 6.07) is 7.38. The third kappa shape index (κ3) is 3.13. The van der Waals surface area contributed by atoms with Crippen molar-refractivity contribution in [3.63, 3.8) is 0 Å². The summed E-state index contributed by atoms with van der Waals surface area (Å²) in [6.45, 7) is 0.853. The molecule has 0 saturated carbocycles. The molecule has 22 heavy (non-hydrogen) atoms. The Labute approximate surface area is 126 Å². The number of carbonyl (C=O) groups excluding carboxylic acids is 2. The molecule has 2 heterocycles. The van der Waals surface area contributed by atoms with E-state index in [1.54, 1.807) is 23.1 Å². The number of hydrogen-bond donors (Lipinski definition) is 2. The summed E-state index contributed by atoms with van der Waals surface area (Å²) in [6.07, 6.45) is 1.76. The Kier molecular flexibility index (Phi) is 3.86. The van der Waals surface area contributed by atoms with Gasteiger partial charge in [-0.15, -0.1) is 0 Å². The average molecular weight is 302 g/mol. The normalized spacial score (nSPS) is 17.8. The van der Waals surface area contributed by atoms with Crippen molar-refractivity contribution in [3.05, 3.63) is 53.6 Å². The van der Waals surface area contributed by atoms with Crippen molar-refractivity contribution in [2.24, 2.45) is 0 Å². The van der Waals surface area contributed by atoms with E-state index in [-0.39, 0.29) is 30.1 Å². The number of nitrogens with one attached hydrogen (secondary N) is 2. The number of likely N-dealkylation sites (tertiary alicyclic amines) is 1. The number of aromatic amines is 1. The number of hydrogen-bond acceptors (Lipinski definition) is 3. The molecular weight excluding hydrogens is 287 g/mol. The number of H-pyrrole nitrogens is 1. The van der Waals surface area contributed by atoms with Crippen LogP contribution in [0.15, 0.2) is 36.5 Å². The standard InChI is InChI=1S/C15H15FN4O2/c16-11-3-1-10(2-4-11)8-20-9-12(7-14(20)21)18-15(22)13-5-6-17-19-13/h1-6,12H,7-9H2,(H,17,19)(H,18,22)/t12-/m0/s1. The predicted molar refractivity (Wildman–Crippen MR) is 76.3 cm³/mol. The minimum absolute atomic E-state index is 0.0285. The van der Waals surface area contributed by atoms with Crippen molar-refractivity contribution in [1.29, 1.82) is 0 Å². The van der Waals surface area contributed by atoms with Gasteiger partial charge in [0, 0.05) is 25.7 Å². The largest absolute Gasteiger partial charge is 0.346 e. The Morgan fingerprint density at radius 1 is 1.36 bits per heavy atom. The van der Waals surface area contributed by atoms with E-state index < -0.39 is 0 Å². The molecule has 1 aromatic carbocycles. The Bertz CT molecular complexity index is 669. The van der Waals surface area contributed by atoms with Gasteiger partial charge >= 0.3 is 0 Å². The molecule has 1 atom stereocenters. The SMILES string of the molecule is O=C(N[C@H]1CC(=O)N(Cc2ccc(F)cc2)C1)c1ccn[nH]1. The van der Waals surface area contributed by atoms with Crippen molar-refractivity contribution in [1.82, 2.24) is 20.4 Å². The molecule has 3 rings (SSSR count). The van der Waals surface area contributed by atoms with Crippen molar-refractivity contribution in [3.8, 4) is 0 Å². The molecule has 6 nitrogen and oxygen atoms in total. The van der Waals surface area contributed by atoms with Crippen LogP contribution >= 0.6 is 0 Å². The monoisotopic (exact) mass is 302 g/mol. The summed E-state index contributed by atoms with van der Waals surface area (Å²) >= 11 is 0. The van der Waals surface area contributed by atoms with Crippen LogP contribution in [0.2, 0.25) is 0 Å². The summed E-state index contributed by atoms with van der Waals surface area (Å²) in [4.78, 5) is 25.6. The zero-order valence-corrected chi connectivity index (χ0v) is 11.8. The molecular formula is C15H15FN4O2. The highest BCUT2D eigenvalue weighted by Crippen LogP contribution is 2.16. The van der Waals surface area contributed by atoms with Gasteiger partial charge in [0.2, 0.25) is 5.91 Å². The van der Waals surface area contributed by atoms with Crippen LogP contribution in [0.5, 0.6) is 0 Å². The third-order valence-corrected chi connectivity index (χ3v) is 3.58. The van der Waals surface area contributed by atoms with E-state index in [0.29, 0.717) is 18.8 Å². The van der Waals surface area contributed by atoms with Crippen LogP contribution in [0, 0.1) is 5.82 Å². The molecule has 1 aliphatic heterocycles. The lowest BCUT2D eigenvalue weighted by atomic mass is 10.2. The van der Waals surface area contributed by atoms with Crippen LogP contribution in [0.25, 0.3) is 0 Å². The van der Waals surface area contributed by atoms with Gasteiger partial charge in [-0.1, -0.05) is 12.1 Å². The summed E-state index contributed by atoms with van der Waals surface area (Å²) in [5.74, 6) is -0.612. The second-order valence-electron chi connectivity index (χ2n) is 5.25. The molecule has 0 bridgehead atoms. The van der Waals surface area contributed by atoms with E-state index in [2.05, 4.69) is 15.5 Å². The Morgan fingerprint density at radius 3 is 2.82 bits per heavy atom. The fourth-order valence-electron chi connectivity index (χ4n) is 2.48. The van der Waals surface area contributed by atoms with Gasteiger partial charge in [-0.25, -0.2) is 4.39 Å². The molecule has 2 aromatic rings. The summed E-state index contributed by atoms with van der Waals surface area (Å²) in [5.41, 5.74) is 1.22. The maximum atomic E-state index is 12.9. The molecule has 1 aliphatic rings. The van der Waals surface area contributed by atoms with Gasteiger partial charge in [0.1, 0.15) is 11.5 Å². The van der Waals surface area contributed by atoms with E-state index in [9.17, 15) is 14.0 Å². The van der Waals surface area contributed by atoms with Crippen LogP contribution in [0.3, 0.4) is 0 Å². The van der Waals surface area contributed by atoms with Crippen LogP contribution in [0.1, 0.15) is 22.5 Å². The molecule has 1 aromatic heterocycles. The maximum Gasteiger partial charge on any atom is 0.269 e. The van der Waals surface area contributed by atoms with Crippen LogP contribution < -0.4 is 5.32 Å². The first-order valence-corrected chi connectivity index (χ1v) is 6.94. The molecule has 7 heteroatoms. The molecule has 2 amide bonds. The molecule has 0 unspecified atom stereocenters. The number of nitrogens with zero attached hydrogens (tertiary/aromatic N) is 2. The number of benzene rings is 1. The number of rotatable bonds is 4. The van der Waals surface area contributed by atoms with Gasteiger partial charge in [-0.3, -0.25) is 14.7 Å². The first-order chi connectivity index (χ1) is 10.6. The molecule has 0 radical (unpaired) electrons. The smallest absolute Gasteiger partial charge is 0.269 e. The molecule has 2 N–H and O–H groups in total. The first-order valence-electron chi connectivity index (χ1n) is 6.94.